The summed E-state index contributed by atoms with van der Waals surface area (Å²) in [6.07, 6.45) is 1.76. The predicted octanol–water partition coefficient (Wildman–Crippen LogP) is 3.61. The van der Waals surface area contributed by atoms with E-state index in [9.17, 15) is 4.79 Å². The van der Waals surface area contributed by atoms with Crippen molar-refractivity contribution in [3.8, 4) is 5.75 Å². The smallest absolute Gasteiger partial charge is 0.260 e. The van der Waals surface area contributed by atoms with Crippen LogP contribution < -0.4 is 10.1 Å². The van der Waals surface area contributed by atoms with Gasteiger partial charge in [0.1, 0.15) is 5.75 Å². The number of hydrogen-bond acceptors (Lipinski definition) is 2. The van der Waals surface area contributed by atoms with Crippen molar-refractivity contribution in [2.24, 2.45) is 0 Å². The molecule has 0 bridgehead atoms. The molecule has 3 nitrogen and oxygen atoms in total. The van der Waals surface area contributed by atoms with Gasteiger partial charge in [0.15, 0.2) is 6.10 Å². The van der Waals surface area contributed by atoms with Crippen LogP contribution in [-0.4, -0.2) is 18.6 Å². The second-order valence-electron chi connectivity index (χ2n) is 6.44. The maximum absolute atomic E-state index is 12.3. The van der Waals surface area contributed by atoms with Gasteiger partial charge in [-0.05, 0) is 49.9 Å². The fourth-order valence-corrected chi connectivity index (χ4v) is 2.86. The Balaban J connectivity index is 1.55. The highest BCUT2D eigenvalue weighted by atomic mass is 16.5. The molecule has 0 aromatic heterocycles. The Labute approximate surface area is 137 Å². The molecular formula is C20H23NO2. The summed E-state index contributed by atoms with van der Waals surface area (Å²) in [6, 6.07) is 18.2. The quantitative estimate of drug-likeness (QED) is 0.885. The molecule has 23 heavy (non-hydrogen) atoms. The summed E-state index contributed by atoms with van der Waals surface area (Å²) in [7, 11) is 0. The second-order valence-corrected chi connectivity index (χ2v) is 6.44. The summed E-state index contributed by atoms with van der Waals surface area (Å²) < 4.78 is 5.74. The van der Waals surface area contributed by atoms with E-state index in [1.54, 1.807) is 6.92 Å². The SMILES string of the molecule is Cc1cccc(OC(C)C(=O)NCC2(c3ccccc3)CC2)c1. The maximum atomic E-state index is 12.3. The number of rotatable bonds is 6. The van der Waals surface area contributed by atoms with Crippen LogP contribution in [0.25, 0.3) is 0 Å². The number of aryl methyl sites for hydroxylation is 1. The van der Waals surface area contributed by atoms with Gasteiger partial charge in [0.2, 0.25) is 0 Å². The molecule has 3 heteroatoms. The van der Waals surface area contributed by atoms with Gasteiger partial charge in [-0.2, -0.15) is 0 Å². The monoisotopic (exact) mass is 309 g/mol. The summed E-state index contributed by atoms with van der Waals surface area (Å²) >= 11 is 0. The number of nitrogens with one attached hydrogen (secondary N) is 1. The standard InChI is InChI=1S/C20H23NO2/c1-15-7-6-10-18(13-15)23-16(2)19(22)21-14-20(11-12-20)17-8-4-3-5-9-17/h3-10,13,16H,11-12,14H2,1-2H3,(H,21,22). The fraction of sp³-hybridized carbons (Fsp3) is 0.350. The molecule has 0 saturated heterocycles. The minimum atomic E-state index is -0.497. The van der Waals surface area contributed by atoms with Gasteiger partial charge in [-0.3, -0.25) is 4.79 Å². The molecule has 1 aliphatic rings. The van der Waals surface area contributed by atoms with E-state index in [1.807, 2.05) is 37.3 Å². The van der Waals surface area contributed by atoms with Crippen LogP contribution >= 0.6 is 0 Å². The molecule has 2 aromatic carbocycles. The van der Waals surface area contributed by atoms with E-state index in [4.69, 9.17) is 4.74 Å². The van der Waals surface area contributed by atoms with Gasteiger partial charge >= 0.3 is 0 Å². The van der Waals surface area contributed by atoms with Crippen LogP contribution in [0, 0.1) is 6.92 Å². The van der Waals surface area contributed by atoms with Crippen molar-refractivity contribution in [3.05, 3.63) is 65.7 Å². The van der Waals surface area contributed by atoms with Crippen molar-refractivity contribution in [3.63, 3.8) is 0 Å². The van der Waals surface area contributed by atoms with Crippen LogP contribution in [0.4, 0.5) is 0 Å². The minimum absolute atomic E-state index is 0.0614. The Bertz CT molecular complexity index is 677. The van der Waals surface area contributed by atoms with Gasteiger partial charge in [0, 0.05) is 12.0 Å². The average Bonchev–Trinajstić information content (AvgIpc) is 3.35. The molecule has 0 radical (unpaired) electrons. The van der Waals surface area contributed by atoms with Crippen molar-refractivity contribution in [2.75, 3.05) is 6.54 Å². The topological polar surface area (TPSA) is 38.3 Å². The predicted molar refractivity (Wildman–Crippen MR) is 91.6 cm³/mol. The van der Waals surface area contributed by atoms with Gasteiger partial charge in [0.05, 0.1) is 0 Å². The molecule has 1 saturated carbocycles. The van der Waals surface area contributed by atoms with Crippen molar-refractivity contribution in [1.82, 2.24) is 5.32 Å². The highest BCUT2D eigenvalue weighted by molar-refractivity contribution is 5.80. The first kappa shape index (κ1) is 15.6. The lowest BCUT2D eigenvalue weighted by molar-refractivity contribution is -0.127. The van der Waals surface area contributed by atoms with Crippen LogP contribution in [0.1, 0.15) is 30.9 Å². The Hall–Kier alpha value is -2.29. The molecule has 3 rings (SSSR count). The highest BCUT2D eigenvalue weighted by Crippen LogP contribution is 2.47. The number of ether oxygens (including phenoxy) is 1. The zero-order chi connectivity index (χ0) is 16.3. The zero-order valence-electron chi connectivity index (χ0n) is 13.7. The van der Waals surface area contributed by atoms with E-state index in [0.717, 1.165) is 24.2 Å². The number of benzene rings is 2. The first-order valence-corrected chi connectivity index (χ1v) is 8.16. The molecule has 1 unspecified atom stereocenters. The third-order valence-corrected chi connectivity index (χ3v) is 4.51. The molecule has 120 valence electrons. The second kappa shape index (κ2) is 6.45. The Morgan fingerprint density at radius 1 is 1.17 bits per heavy atom. The molecular weight excluding hydrogens is 286 g/mol. The Morgan fingerprint density at radius 3 is 2.57 bits per heavy atom. The largest absolute Gasteiger partial charge is 0.481 e. The zero-order valence-corrected chi connectivity index (χ0v) is 13.7. The number of amides is 1. The van der Waals surface area contributed by atoms with Crippen LogP contribution in [0.2, 0.25) is 0 Å². The van der Waals surface area contributed by atoms with Gasteiger partial charge in [-0.25, -0.2) is 0 Å². The fourth-order valence-electron chi connectivity index (χ4n) is 2.86. The van der Waals surface area contributed by atoms with Crippen LogP contribution in [0.5, 0.6) is 5.75 Å². The van der Waals surface area contributed by atoms with Crippen LogP contribution in [-0.2, 0) is 10.2 Å². The van der Waals surface area contributed by atoms with E-state index in [2.05, 4.69) is 29.6 Å². The minimum Gasteiger partial charge on any atom is -0.481 e. The van der Waals surface area contributed by atoms with Crippen molar-refractivity contribution in [1.29, 1.82) is 0 Å². The molecule has 1 amide bonds. The van der Waals surface area contributed by atoms with Crippen LogP contribution in [0.15, 0.2) is 54.6 Å². The number of hydrogen-bond donors (Lipinski definition) is 1. The van der Waals surface area contributed by atoms with Crippen molar-refractivity contribution >= 4 is 5.91 Å². The molecule has 0 spiro atoms. The van der Waals surface area contributed by atoms with Crippen LogP contribution in [0.3, 0.4) is 0 Å². The number of carbonyl (C=O) groups excluding carboxylic acids is 1. The normalized spacial score (nSPS) is 16.4. The summed E-state index contributed by atoms with van der Waals surface area (Å²) in [4.78, 5) is 12.3. The van der Waals surface area contributed by atoms with E-state index >= 15 is 0 Å². The van der Waals surface area contributed by atoms with Crippen molar-refractivity contribution < 1.29 is 9.53 Å². The lowest BCUT2D eigenvalue weighted by Crippen LogP contribution is -2.40. The molecule has 1 N–H and O–H groups in total. The molecule has 1 atom stereocenters. The maximum Gasteiger partial charge on any atom is 0.260 e. The first-order chi connectivity index (χ1) is 11.1. The molecule has 1 fully saturated rings. The molecule has 2 aromatic rings. The third-order valence-electron chi connectivity index (χ3n) is 4.51. The lowest BCUT2D eigenvalue weighted by Gasteiger charge is -2.19. The molecule has 0 aliphatic heterocycles. The van der Waals surface area contributed by atoms with Gasteiger partial charge < -0.3 is 10.1 Å². The summed E-state index contributed by atoms with van der Waals surface area (Å²) in [5.74, 6) is 0.672. The third kappa shape index (κ3) is 3.73. The van der Waals surface area contributed by atoms with Gasteiger partial charge in [0.25, 0.3) is 5.91 Å². The van der Waals surface area contributed by atoms with E-state index < -0.39 is 6.10 Å². The van der Waals surface area contributed by atoms with E-state index in [1.165, 1.54) is 5.56 Å². The van der Waals surface area contributed by atoms with Gasteiger partial charge in [-0.15, -0.1) is 0 Å². The summed E-state index contributed by atoms with van der Waals surface area (Å²) in [5.41, 5.74) is 2.56. The lowest BCUT2D eigenvalue weighted by atomic mass is 9.96. The number of carbonyl (C=O) groups is 1. The summed E-state index contributed by atoms with van der Waals surface area (Å²) in [6.45, 7) is 4.48. The van der Waals surface area contributed by atoms with Crippen molar-refractivity contribution in [2.45, 2.75) is 38.2 Å². The molecule has 0 heterocycles. The Kier molecular flexibility index (Phi) is 4.37. The van der Waals surface area contributed by atoms with Gasteiger partial charge in [-0.1, -0.05) is 42.5 Å². The van der Waals surface area contributed by atoms with E-state index in [0.29, 0.717) is 6.54 Å². The summed E-state index contributed by atoms with van der Waals surface area (Å²) in [5, 5.41) is 3.05. The average molecular weight is 309 g/mol. The highest BCUT2D eigenvalue weighted by Gasteiger charge is 2.44. The first-order valence-electron chi connectivity index (χ1n) is 8.16. The Morgan fingerprint density at radius 2 is 1.91 bits per heavy atom. The van der Waals surface area contributed by atoms with E-state index in [-0.39, 0.29) is 11.3 Å². The molecule has 1 aliphatic carbocycles.